The molecule has 10 aromatic rings. The molecule has 51 heavy (non-hydrogen) atoms. The van der Waals surface area contributed by atoms with Gasteiger partial charge in [-0.2, -0.15) is 0 Å². The van der Waals surface area contributed by atoms with E-state index in [1.807, 2.05) is 24.3 Å². The second-order valence-electron chi connectivity index (χ2n) is 14.2. The van der Waals surface area contributed by atoms with Crippen molar-refractivity contribution < 1.29 is 4.42 Å². The molecule has 1 aliphatic rings. The van der Waals surface area contributed by atoms with Gasteiger partial charge >= 0.3 is 0 Å². The Morgan fingerprint density at radius 3 is 2.10 bits per heavy atom. The first-order valence-corrected chi connectivity index (χ1v) is 17.5. The van der Waals surface area contributed by atoms with Gasteiger partial charge in [0, 0.05) is 54.7 Å². The highest BCUT2D eigenvalue weighted by molar-refractivity contribution is 6.17. The minimum atomic E-state index is -0.180. The summed E-state index contributed by atoms with van der Waals surface area (Å²) < 4.78 is 8.89. The van der Waals surface area contributed by atoms with Crippen LogP contribution in [0.3, 0.4) is 0 Å². The lowest BCUT2D eigenvalue weighted by Gasteiger charge is -2.21. The van der Waals surface area contributed by atoms with Gasteiger partial charge in [-0.05, 0) is 71.3 Å². The van der Waals surface area contributed by atoms with Gasteiger partial charge in [0.05, 0.1) is 22.2 Å². The summed E-state index contributed by atoms with van der Waals surface area (Å²) in [5.74, 6) is 0.716. The summed E-state index contributed by atoms with van der Waals surface area (Å²) in [7, 11) is 0. The molecule has 4 nitrogen and oxygen atoms in total. The Morgan fingerprint density at radius 2 is 1.25 bits per heavy atom. The zero-order valence-corrected chi connectivity index (χ0v) is 28.2. The van der Waals surface area contributed by atoms with E-state index in [9.17, 15) is 0 Å². The van der Waals surface area contributed by atoms with Gasteiger partial charge in [0.2, 0.25) is 0 Å². The first-order chi connectivity index (χ1) is 25.0. The third-order valence-electron chi connectivity index (χ3n) is 11.0. The molecule has 0 spiro atoms. The average Bonchev–Trinajstić information content (AvgIpc) is 3.79. The third kappa shape index (κ3) is 3.96. The van der Waals surface area contributed by atoms with Crippen molar-refractivity contribution in [3.8, 4) is 39.5 Å². The van der Waals surface area contributed by atoms with Crippen molar-refractivity contribution in [3.05, 3.63) is 163 Å². The van der Waals surface area contributed by atoms with Gasteiger partial charge in [-0.1, -0.05) is 111 Å². The molecule has 0 saturated carbocycles. The molecule has 0 amide bonds. The number of hydrogen-bond acceptors (Lipinski definition) is 3. The number of hydrogen-bond donors (Lipinski definition) is 0. The van der Waals surface area contributed by atoms with Crippen molar-refractivity contribution in [3.63, 3.8) is 0 Å². The Labute approximate surface area is 294 Å². The van der Waals surface area contributed by atoms with Gasteiger partial charge in [-0.3, -0.25) is 0 Å². The van der Waals surface area contributed by atoms with Crippen molar-refractivity contribution in [2.24, 2.45) is 0 Å². The summed E-state index contributed by atoms with van der Waals surface area (Å²) in [6.45, 7) is 4.71. The summed E-state index contributed by atoms with van der Waals surface area (Å²) in [4.78, 5) is 10.2. The summed E-state index contributed by atoms with van der Waals surface area (Å²) in [6, 6.07) is 53.8. The van der Waals surface area contributed by atoms with E-state index >= 15 is 0 Å². The number of aromatic nitrogens is 3. The molecular weight excluding hydrogens is 623 g/mol. The van der Waals surface area contributed by atoms with E-state index in [4.69, 9.17) is 14.4 Å². The van der Waals surface area contributed by atoms with Crippen LogP contribution < -0.4 is 0 Å². The number of benzene rings is 7. The van der Waals surface area contributed by atoms with Gasteiger partial charge in [0.25, 0.3) is 0 Å². The molecule has 0 saturated heterocycles. The molecule has 0 unspecified atom stereocenters. The predicted octanol–water partition coefficient (Wildman–Crippen LogP) is 12.3. The number of nitrogens with zero attached hydrogens (tertiary/aromatic N) is 3. The maximum absolute atomic E-state index is 6.45. The van der Waals surface area contributed by atoms with Gasteiger partial charge < -0.3 is 8.98 Å². The fraction of sp³-hybridized carbons (Fsp3) is 0.0638. The van der Waals surface area contributed by atoms with Crippen LogP contribution in [0.2, 0.25) is 0 Å². The fourth-order valence-electron chi connectivity index (χ4n) is 8.54. The van der Waals surface area contributed by atoms with E-state index in [1.165, 1.54) is 49.4 Å². The largest absolute Gasteiger partial charge is 0.456 e. The standard InChI is InChI=1S/C47H31N3O/c1-47(2)37-25-24-33-31-14-7-10-18-40(31)50(45(33)43(37)36-27-42-35(26-38(36)47)32-15-8-11-19-41(32)51-42)30-22-20-29(21-23-30)46-48-39-17-9-6-16-34(39)44(49-46)28-12-4-3-5-13-28/h3-27H,1-2H3. The Morgan fingerprint density at radius 1 is 0.529 bits per heavy atom. The monoisotopic (exact) mass is 653 g/mol. The third-order valence-corrected chi connectivity index (χ3v) is 11.0. The summed E-state index contributed by atoms with van der Waals surface area (Å²) >= 11 is 0. The maximum atomic E-state index is 6.45. The lowest BCUT2D eigenvalue weighted by molar-refractivity contribution is 0.658. The molecule has 1 aliphatic carbocycles. The van der Waals surface area contributed by atoms with Crippen molar-refractivity contribution in [1.82, 2.24) is 14.5 Å². The van der Waals surface area contributed by atoms with Crippen molar-refractivity contribution in [1.29, 1.82) is 0 Å². The fourth-order valence-corrected chi connectivity index (χ4v) is 8.54. The van der Waals surface area contributed by atoms with Crippen LogP contribution in [0.4, 0.5) is 0 Å². The molecule has 7 aromatic carbocycles. The van der Waals surface area contributed by atoms with E-state index in [0.29, 0.717) is 5.82 Å². The summed E-state index contributed by atoms with van der Waals surface area (Å²) in [6.07, 6.45) is 0. The molecule has 3 heterocycles. The van der Waals surface area contributed by atoms with Crippen molar-refractivity contribution in [2.45, 2.75) is 19.3 Å². The molecule has 0 radical (unpaired) electrons. The minimum Gasteiger partial charge on any atom is -0.456 e. The van der Waals surface area contributed by atoms with Crippen LogP contribution in [0.1, 0.15) is 25.0 Å². The molecule has 11 rings (SSSR count). The lowest BCUT2D eigenvalue weighted by Crippen LogP contribution is -2.14. The molecule has 3 aromatic heterocycles. The number of furan rings is 1. The Bertz CT molecular complexity index is 3040. The smallest absolute Gasteiger partial charge is 0.160 e. The van der Waals surface area contributed by atoms with Crippen LogP contribution in [-0.2, 0) is 5.41 Å². The predicted molar refractivity (Wildman–Crippen MR) is 210 cm³/mol. The zero-order valence-electron chi connectivity index (χ0n) is 28.2. The van der Waals surface area contributed by atoms with E-state index in [2.05, 4.69) is 146 Å². The quantitative estimate of drug-likeness (QED) is 0.191. The second-order valence-corrected chi connectivity index (χ2v) is 14.2. The topological polar surface area (TPSA) is 43.9 Å². The number of rotatable bonds is 3. The van der Waals surface area contributed by atoms with Crippen LogP contribution in [-0.4, -0.2) is 14.5 Å². The van der Waals surface area contributed by atoms with Crippen LogP contribution in [0, 0.1) is 0 Å². The summed E-state index contributed by atoms with van der Waals surface area (Å²) in [5, 5.41) is 5.86. The Kier molecular flexibility index (Phi) is 5.70. The van der Waals surface area contributed by atoms with E-state index in [1.54, 1.807) is 0 Å². The first-order valence-electron chi connectivity index (χ1n) is 17.5. The molecule has 4 heteroatoms. The molecule has 0 aliphatic heterocycles. The number of fused-ring (bicyclic) bond motifs is 11. The van der Waals surface area contributed by atoms with Gasteiger partial charge in [-0.15, -0.1) is 0 Å². The van der Waals surface area contributed by atoms with Crippen LogP contribution in [0.15, 0.2) is 156 Å². The van der Waals surface area contributed by atoms with Crippen molar-refractivity contribution >= 4 is 54.6 Å². The molecule has 240 valence electrons. The SMILES string of the molecule is CC1(C)c2cc3c(cc2-c2c1ccc1c4ccccc4n(-c4ccc(-c5nc(-c6ccccc6)c6ccccc6n5)cc4)c21)oc1ccccc13. The molecule has 0 N–H and O–H groups in total. The summed E-state index contributed by atoms with van der Waals surface area (Å²) in [5.41, 5.74) is 14.3. The Hall–Kier alpha value is -6.52. The Balaban J connectivity index is 1.13. The molecular formula is C47H31N3O. The van der Waals surface area contributed by atoms with E-state index in [0.717, 1.165) is 50.0 Å². The van der Waals surface area contributed by atoms with Gasteiger partial charge in [-0.25, -0.2) is 9.97 Å². The zero-order chi connectivity index (χ0) is 33.8. The second kappa shape index (κ2) is 10.3. The first kappa shape index (κ1) is 28.3. The van der Waals surface area contributed by atoms with E-state index in [-0.39, 0.29) is 5.41 Å². The minimum absolute atomic E-state index is 0.180. The molecule has 0 bridgehead atoms. The maximum Gasteiger partial charge on any atom is 0.160 e. The van der Waals surface area contributed by atoms with Crippen LogP contribution >= 0.6 is 0 Å². The highest BCUT2D eigenvalue weighted by Crippen LogP contribution is 2.54. The lowest BCUT2D eigenvalue weighted by atomic mass is 9.82. The van der Waals surface area contributed by atoms with Gasteiger partial charge in [0.15, 0.2) is 5.82 Å². The number of para-hydroxylation sites is 3. The highest BCUT2D eigenvalue weighted by Gasteiger charge is 2.38. The van der Waals surface area contributed by atoms with Gasteiger partial charge in [0.1, 0.15) is 11.2 Å². The molecule has 0 atom stereocenters. The highest BCUT2D eigenvalue weighted by atomic mass is 16.3. The van der Waals surface area contributed by atoms with E-state index < -0.39 is 0 Å². The molecule has 0 fully saturated rings. The van der Waals surface area contributed by atoms with Crippen molar-refractivity contribution in [2.75, 3.05) is 0 Å². The average molecular weight is 654 g/mol. The normalized spacial score (nSPS) is 13.5. The van der Waals surface area contributed by atoms with Crippen LogP contribution in [0.25, 0.3) is 94.1 Å². The van der Waals surface area contributed by atoms with Crippen LogP contribution in [0.5, 0.6) is 0 Å².